The summed E-state index contributed by atoms with van der Waals surface area (Å²) in [6, 6.07) is 7.77. The first-order valence-electron chi connectivity index (χ1n) is 6.83. The van der Waals surface area contributed by atoms with Gasteiger partial charge in [-0.1, -0.05) is 6.07 Å². The van der Waals surface area contributed by atoms with Crippen molar-refractivity contribution in [3.8, 4) is 0 Å². The quantitative estimate of drug-likeness (QED) is 0.832. The van der Waals surface area contributed by atoms with Gasteiger partial charge in [0.25, 0.3) is 0 Å². The van der Waals surface area contributed by atoms with E-state index < -0.39 is 11.6 Å². The predicted molar refractivity (Wildman–Crippen MR) is 82.3 cm³/mol. The average Bonchev–Trinajstić information content (AvgIpc) is 2.89. The van der Waals surface area contributed by atoms with Crippen molar-refractivity contribution in [2.45, 2.75) is 31.7 Å². The van der Waals surface area contributed by atoms with Gasteiger partial charge in [-0.2, -0.15) is 11.8 Å². The summed E-state index contributed by atoms with van der Waals surface area (Å²) in [5, 5.41) is 3.22. The lowest BCUT2D eigenvalue weighted by molar-refractivity contribution is 0.432. The Bertz CT molecular complexity index is 565. The van der Waals surface area contributed by atoms with Crippen molar-refractivity contribution < 1.29 is 13.2 Å². The summed E-state index contributed by atoms with van der Waals surface area (Å²) in [5.74, 6) is 1.62. The highest BCUT2D eigenvalue weighted by Crippen LogP contribution is 2.16. The lowest BCUT2D eigenvalue weighted by Gasteiger charge is -2.14. The molecule has 0 aliphatic carbocycles. The molecule has 2 nitrogen and oxygen atoms in total. The molecule has 1 unspecified atom stereocenters. The van der Waals surface area contributed by atoms with Gasteiger partial charge in [0, 0.05) is 11.6 Å². The van der Waals surface area contributed by atoms with Crippen LogP contribution in [0.15, 0.2) is 34.7 Å². The zero-order valence-electron chi connectivity index (χ0n) is 12.2. The Balaban J connectivity index is 1.88. The van der Waals surface area contributed by atoms with Gasteiger partial charge >= 0.3 is 0 Å². The van der Waals surface area contributed by atoms with E-state index in [0.29, 0.717) is 13.0 Å². The highest BCUT2D eigenvalue weighted by atomic mass is 32.2. The van der Waals surface area contributed by atoms with E-state index in [-0.39, 0.29) is 11.6 Å². The van der Waals surface area contributed by atoms with Crippen molar-refractivity contribution in [2.75, 3.05) is 6.26 Å². The van der Waals surface area contributed by atoms with Crippen molar-refractivity contribution >= 4 is 11.8 Å². The van der Waals surface area contributed by atoms with Gasteiger partial charge in [0.1, 0.15) is 23.2 Å². The van der Waals surface area contributed by atoms with Crippen LogP contribution in [-0.4, -0.2) is 12.3 Å². The maximum Gasteiger partial charge on any atom is 0.129 e. The van der Waals surface area contributed by atoms with Crippen LogP contribution in [0.3, 0.4) is 0 Å². The number of halogens is 2. The molecule has 0 aliphatic rings. The van der Waals surface area contributed by atoms with Crippen LogP contribution >= 0.6 is 11.8 Å². The molecule has 2 rings (SSSR count). The Morgan fingerprint density at radius 3 is 2.48 bits per heavy atom. The molecule has 0 amide bonds. The first-order chi connectivity index (χ1) is 10.1. The van der Waals surface area contributed by atoms with E-state index in [1.165, 1.54) is 18.2 Å². The molecule has 0 radical (unpaired) electrons. The van der Waals surface area contributed by atoms with Crippen LogP contribution in [0.4, 0.5) is 8.78 Å². The van der Waals surface area contributed by atoms with Crippen molar-refractivity contribution in [2.24, 2.45) is 0 Å². The normalized spacial score (nSPS) is 12.6. The van der Waals surface area contributed by atoms with Gasteiger partial charge in [-0.15, -0.1) is 0 Å². The third kappa shape index (κ3) is 4.58. The number of furan rings is 1. The molecule has 114 valence electrons. The number of hydrogen-bond donors (Lipinski definition) is 1. The number of rotatable bonds is 7. The van der Waals surface area contributed by atoms with Gasteiger partial charge in [0.05, 0.1) is 12.3 Å². The summed E-state index contributed by atoms with van der Waals surface area (Å²) in [4.78, 5) is 0. The highest BCUT2D eigenvalue weighted by molar-refractivity contribution is 7.97. The second-order valence-corrected chi connectivity index (χ2v) is 5.85. The lowest BCUT2D eigenvalue weighted by Crippen LogP contribution is -2.28. The molecule has 1 aromatic heterocycles. The van der Waals surface area contributed by atoms with E-state index in [9.17, 15) is 8.78 Å². The predicted octanol–water partition coefficient (Wildman–Crippen LogP) is 4.14. The van der Waals surface area contributed by atoms with Crippen LogP contribution in [0, 0.1) is 11.6 Å². The minimum atomic E-state index is -0.496. The Kier molecular flexibility index (Phi) is 5.82. The highest BCUT2D eigenvalue weighted by Gasteiger charge is 2.12. The molecule has 2 aromatic rings. The first-order valence-corrected chi connectivity index (χ1v) is 8.22. The molecule has 0 bridgehead atoms. The standard InChI is InChI=1S/C16H19F2NOS/c1-11(8-14-15(17)4-3-5-16(14)18)19-9-12-6-7-13(20-12)10-21-2/h3-7,11,19H,8-10H2,1-2H3. The molecule has 5 heteroatoms. The fraction of sp³-hybridized carbons (Fsp3) is 0.375. The van der Waals surface area contributed by atoms with Gasteiger partial charge in [-0.05, 0) is 43.9 Å². The van der Waals surface area contributed by atoms with Crippen molar-refractivity contribution in [1.29, 1.82) is 0 Å². The lowest BCUT2D eigenvalue weighted by atomic mass is 10.1. The van der Waals surface area contributed by atoms with Crippen LogP contribution in [0.1, 0.15) is 24.0 Å². The molecule has 0 fully saturated rings. The summed E-state index contributed by atoms with van der Waals surface area (Å²) in [5.41, 5.74) is 0.125. The van der Waals surface area contributed by atoms with Crippen molar-refractivity contribution in [1.82, 2.24) is 5.32 Å². The third-order valence-electron chi connectivity index (χ3n) is 3.20. The van der Waals surface area contributed by atoms with Crippen LogP contribution in [0.5, 0.6) is 0 Å². The topological polar surface area (TPSA) is 25.2 Å². The maximum absolute atomic E-state index is 13.6. The first kappa shape index (κ1) is 16.0. The molecule has 21 heavy (non-hydrogen) atoms. The van der Waals surface area contributed by atoms with E-state index >= 15 is 0 Å². The van der Waals surface area contributed by atoms with Crippen LogP contribution in [0.25, 0.3) is 0 Å². The monoisotopic (exact) mass is 311 g/mol. The summed E-state index contributed by atoms with van der Waals surface area (Å²) < 4.78 is 32.8. The second kappa shape index (κ2) is 7.61. The SMILES string of the molecule is CSCc1ccc(CNC(C)Cc2c(F)cccc2F)o1. The summed E-state index contributed by atoms with van der Waals surface area (Å²) >= 11 is 1.70. The van der Waals surface area contributed by atoms with Gasteiger partial charge in [-0.3, -0.25) is 0 Å². The van der Waals surface area contributed by atoms with E-state index in [2.05, 4.69) is 5.32 Å². The molecule has 1 N–H and O–H groups in total. The van der Waals surface area contributed by atoms with E-state index in [4.69, 9.17) is 4.42 Å². The molecule has 1 aromatic carbocycles. The number of benzene rings is 1. The Morgan fingerprint density at radius 1 is 1.14 bits per heavy atom. The smallest absolute Gasteiger partial charge is 0.129 e. The molecule has 0 aliphatic heterocycles. The zero-order valence-corrected chi connectivity index (χ0v) is 13.0. The van der Waals surface area contributed by atoms with Crippen molar-refractivity contribution in [3.05, 3.63) is 59.1 Å². The summed E-state index contributed by atoms with van der Waals surface area (Å²) in [6.45, 7) is 2.45. The van der Waals surface area contributed by atoms with Gasteiger partial charge < -0.3 is 9.73 Å². The third-order valence-corrected chi connectivity index (χ3v) is 3.77. The van der Waals surface area contributed by atoms with Crippen LogP contribution < -0.4 is 5.32 Å². The molecule has 0 spiro atoms. The fourth-order valence-corrected chi connectivity index (χ4v) is 2.56. The molecular formula is C16H19F2NOS. The second-order valence-electron chi connectivity index (χ2n) is 4.99. The molecular weight excluding hydrogens is 292 g/mol. The van der Waals surface area contributed by atoms with E-state index in [0.717, 1.165) is 17.3 Å². The van der Waals surface area contributed by atoms with E-state index in [1.54, 1.807) is 11.8 Å². The van der Waals surface area contributed by atoms with Crippen molar-refractivity contribution in [3.63, 3.8) is 0 Å². The minimum Gasteiger partial charge on any atom is -0.464 e. The maximum atomic E-state index is 13.6. The van der Waals surface area contributed by atoms with Gasteiger partial charge in [0.15, 0.2) is 0 Å². The Hall–Kier alpha value is -1.33. The number of hydrogen-bond acceptors (Lipinski definition) is 3. The van der Waals surface area contributed by atoms with Crippen LogP contribution in [0.2, 0.25) is 0 Å². The van der Waals surface area contributed by atoms with Gasteiger partial charge in [-0.25, -0.2) is 8.78 Å². The van der Waals surface area contributed by atoms with E-state index in [1.807, 2.05) is 25.3 Å². The number of nitrogens with one attached hydrogen (secondary N) is 1. The Labute approximate surface area is 127 Å². The number of thioether (sulfide) groups is 1. The minimum absolute atomic E-state index is 0.0505. The molecule has 1 atom stereocenters. The average molecular weight is 311 g/mol. The fourth-order valence-electron chi connectivity index (χ4n) is 2.12. The van der Waals surface area contributed by atoms with Gasteiger partial charge in [0.2, 0.25) is 0 Å². The largest absolute Gasteiger partial charge is 0.464 e. The Morgan fingerprint density at radius 2 is 1.81 bits per heavy atom. The summed E-state index contributed by atoms with van der Waals surface area (Å²) in [7, 11) is 0. The molecule has 0 saturated heterocycles. The zero-order chi connectivity index (χ0) is 15.2. The molecule has 0 saturated carbocycles. The molecule has 1 heterocycles. The summed E-state index contributed by atoms with van der Waals surface area (Å²) in [6.07, 6.45) is 2.32. The van der Waals surface area contributed by atoms with Crippen LogP contribution in [-0.2, 0) is 18.7 Å².